The lowest BCUT2D eigenvalue weighted by Gasteiger charge is -2.37. The van der Waals surface area contributed by atoms with Crippen LogP contribution in [0, 0.1) is 0 Å². The van der Waals surface area contributed by atoms with Crippen molar-refractivity contribution in [2.45, 2.75) is 37.6 Å². The van der Waals surface area contributed by atoms with Gasteiger partial charge in [0, 0.05) is 32.2 Å². The molecule has 1 aromatic rings. The number of nitrogens with one attached hydrogen (secondary N) is 1. The molecule has 1 fully saturated rings. The molecule has 5 nitrogen and oxygen atoms in total. The van der Waals surface area contributed by atoms with Crippen molar-refractivity contribution in [3.8, 4) is 0 Å². The van der Waals surface area contributed by atoms with E-state index < -0.39 is 10.0 Å². The Morgan fingerprint density at radius 2 is 1.74 bits per heavy atom. The molecule has 0 unspecified atom stereocenters. The molecular formula is C17H29N3O2S. The zero-order chi connectivity index (χ0) is 17.0. The fraction of sp³-hybridized carbons (Fsp3) is 0.647. The Kier molecular flexibility index (Phi) is 6.19. The molecule has 1 heterocycles. The van der Waals surface area contributed by atoms with Crippen LogP contribution in [-0.4, -0.2) is 64.5 Å². The van der Waals surface area contributed by atoms with Gasteiger partial charge in [0.15, 0.2) is 0 Å². The lowest BCUT2D eigenvalue weighted by molar-refractivity contribution is 0.117. The van der Waals surface area contributed by atoms with Gasteiger partial charge in [-0.25, -0.2) is 13.1 Å². The van der Waals surface area contributed by atoms with E-state index in [0.29, 0.717) is 11.4 Å². The molecule has 23 heavy (non-hydrogen) atoms. The molecule has 0 spiro atoms. The summed E-state index contributed by atoms with van der Waals surface area (Å²) in [5.74, 6) is 0. The Bertz CT molecular complexity index is 608. The second kappa shape index (κ2) is 7.75. The van der Waals surface area contributed by atoms with Gasteiger partial charge < -0.3 is 4.90 Å². The molecule has 2 rings (SSSR count). The first-order valence-electron chi connectivity index (χ1n) is 8.38. The zero-order valence-corrected chi connectivity index (χ0v) is 15.5. The van der Waals surface area contributed by atoms with Crippen LogP contribution in [0.15, 0.2) is 23.1 Å². The van der Waals surface area contributed by atoms with Crippen LogP contribution >= 0.6 is 0 Å². The van der Waals surface area contributed by atoms with Crippen LogP contribution in [0.4, 0.5) is 0 Å². The van der Waals surface area contributed by atoms with Crippen molar-refractivity contribution in [3.63, 3.8) is 0 Å². The van der Waals surface area contributed by atoms with E-state index in [9.17, 15) is 8.42 Å². The molecule has 1 aliphatic heterocycles. The Hall–Kier alpha value is -0.950. The number of piperazine rings is 1. The number of rotatable bonds is 6. The standard InChI is InChI=1S/C17H29N3O2S/c1-5-14-8-7-9-15(6-2)17(14)23(21,22)18-12-16-13-19(3)10-11-20(16)4/h7-9,16,18H,5-6,10-13H2,1-4H3/t16-/m0/s1. The SMILES string of the molecule is CCc1cccc(CC)c1S(=O)(=O)NC[C@H]1CN(C)CCN1C. The Morgan fingerprint density at radius 1 is 1.13 bits per heavy atom. The van der Waals surface area contributed by atoms with Crippen LogP contribution in [0.3, 0.4) is 0 Å². The monoisotopic (exact) mass is 339 g/mol. The van der Waals surface area contributed by atoms with Crippen molar-refractivity contribution in [1.82, 2.24) is 14.5 Å². The van der Waals surface area contributed by atoms with Gasteiger partial charge in [0.1, 0.15) is 0 Å². The summed E-state index contributed by atoms with van der Waals surface area (Å²) in [4.78, 5) is 4.96. The smallest absolute Gasteiger partial charge is 0.241 e. The molecule has 1 atom stereocenters. The minimum Gasteiger partial charge on any atom is -0.303 e. The Labute approximate surface area is 140 Å². The highest BCUT2D eigenvalue weighted by molar-refractivity contribution is 7.89. The molecular weight excluding hydrogens is 310 g/mol. The number of aryl methyl sites for hydroxylation is 2. The molecule has 1 aliphatic rings. The van der Waals surface area contributed by atoms with E-state index >= 15 is 0 Å². The summed E-state index contributed by atoms with van der Waals surface area (Å²) in [5, 5.41) is 0. The fourth-order valence-corrected chi connectivity index (χ4v) is 4.81. The van der Waals surface area contributed by atoms with Crippen LogP contribution in [0.1, 0.15) is 25.0 Å². The van der Waals surface area contributed by atoms with Crippen molar-refractivity contribution < 1.29 is 8.42 Å². The van der Waals surface area contributed by atoms with Crippen LogP contribution in [-0.2, 0) is 22.9 Å². The first-order chi connectivity index (χ1) is 10.9. The molecule has 0 aromatic heterocycles. The molecule has 1 saturated heterocycles. The first-order valence-corrected chi connectivity index (χ1v) is 9.86. The van der Waals surface area contributed by atoms with Crippen LogP contribution in [0.2, 0.25) is 0 Å². The molecule has 1 N–H and O–H groups in total. The summed E-state index contributed by atoms with van der Waals surface area (Å²) >= 11 is 0. The lowest BCUT2D eigenvalue weighted by Crippen LogP contribution is -2.54. The molecule has 0 bridgehead atoms. The minimum absolute atomic E-state index is 0.211. The number of hydrogen-bond donors (Lipinski definition) is 1. The average molecular weight is 340 g/mol. The average Bonchev–Trinajstić information content (AvgIpc) is 2.54. The minimum atomic E-state index is -3.48. The van der Waals surface area contributed by atoms with E-state index in [1.807, 2.05) is 32.0 Å². The van der Waals surface area contributed by atoms with Crippen LogP contribution < -0.4 is 4.72 Å². The quantitative estimate of drug-likeness (QED) is 0.850. The lowest BCUT2D eigenvalue weighted by atomic mass is 10.1. The van der Waals surface area contributed by atoms with Gasteiger partial charge in [-0.1, -0.05) is 32.0 Å². The summed E-state index contributed by atoms with van der Waals surface area (Å²) in [6.45, 7) is 7.32. The predicted molar refractivity (Wildman–Crippen MR) is 94.3 cm³/mol. The van der Waals surface area contributed by atoms with Gasteiger partial charge >= 0.3 is 0 Å². The first kappa shape index (κ1) is 18.4. The second-order valence-electron chi connectivity index (χ2n) is 6.36. The normalized spacial score (nSPS) is 20.8. The van der Waals surface area contributed by atoms with E-state index in [4.69, 9.17) is 0 Å². The van der Waals surface area contributed by atoms with Gasteiger partial charge in [0.2, 0.25) is 10.0 Å². The Morgan fingerprint density at radius 3 is 2.30 bits per heavy atom. The van der Waals surface area contributed by atoms with E-state index in [2.05, 4.69) is 28.6 Å². The van der Waals surface area contributed by atoms with Gasteiger partial charge in [0.25, 0.3) is 0 Å². The van der Waals surface area contributed by atoms with Gasteiger partial charge in [-0.3, -0.25) is 4.90 Å². The molecule has 0 radical (unpaired) electrons. The molecule has 0 amide bonds. The van der Waals surface area contributed by atoms with Gasteiger partial charge in [0.05, 0.1) is 4.90 Å². The van der Waals surface area contributed by atoms with Crippen molar-refractivity contribution in [3.05, 3.63) is 29.3 Å². The molecule has 0 aliphatic carbocycles. The molecule has 1 aromatic carbocycles. The van der Waals surface area contributed by atoms with Gasteiger partial charge in [-0.05, 0) is 38.1 Å². The van der Waals surface area contributed by atoms with Crippen molar-refractivity contribution in [2.24, 2.45) is 0 Å². The molecule has 0 saturated carbocycles. The van der Waals surface area contributed by atoms with E-state index in [1.165, 1.54) is 0 Å². The highest BCUT2D eigenvalue weighted by atomic mass is 32.2. The number of sulfonamides is 1. The number of nitrogens with zero attached hydrogens (tertiary/aromatic N) is 2. The van der Waals surface area contributed by atoms with Crippen LogP contribution in [0.25, 0.3) is 0 Å². The van der Waals surface area contributed by atoms with Crippen LogP contribution in [0.5, 0.6) is 0 Å². The van der Waals surface area contributed by atoms with E-state index in [-0.39, 0.29) is 6.04 Å². The highest BCUT2D eigenvalue weighted by Gasteiger charge is 2.26. The van der Waals surface area contributed by atoms with Crippen molar-refractivity contribution in [2.75, 3.05) is 40.3 Å². The number of benzene rings is 1. The second-order valence-corrected chi connectivity index (χ2v) is 8.06. The molecule has 130 valence electrons. The highest BCUT2D eigenvalue weighted by Crippen LogP contribution is 2.22. The summed E-state index contributed by atoms with van der Waals surface area (Å²) in [7, 11) is 0.657. The van der Waals surface area contributed by atoms with Gasteiger partial charge in [-0.2, -0.15) is 0 Å². The van der Waals surface area contributed by atoms with E-state index in [0.717, 1.165) is 43.6 Å². The van der Waals surface area contributed by atoms with Crippen molar-refractivity contribution in [1.29, 1.82) is 0 Å². The third-order valence-electron chi connectivity index (χ3n) is 4.70. The number of likely N-dealkylation sites (N-methyl/N-ethyl adjacent to an activating group) is 2. The fourth-order valence-electron chi connectivity index (χ4n) is 3.14. The maximum Gasteiger partial charge on any atom is 0.241 e. The maximum absolute atomic E-state index is 12.9. The zero-order valence-electron chi connectivity index (χ0n) is 14.7. The predicted octanol–water partition coefficient (Wildman–Crippen LogP) is 1.34. The number of hydrogen-bond acceptors (Lipinski definition) is 4. The maximum atomic E-state index is 12.9. The van der Waals surface area contributed by atoms with E-state index in [1.54, 1.807) is 0 Å². The summed E-state index contributed by atoms with van der Waals surface area (Å²) < 4.78 is 28.6. The topological polar surface area (TPSA) is 52.7 Å². The van der Waals surface area contributed by atoms with Gasteiger partial charge in [-0.15, -0.1) is 0 Å². The Balaban J connectivity index is 2.19. The largest absolute Gasteiger partial charge is 0.303 e. The summed E-state index contributed by atoms with van der Waals surface area (Å²) in [6, 6.07) is 5.98. The summed E-state index contributed by atoms with van der Waals surface area (Å²) in [6.07, 6.45) is 1.44. The van der Waals surface area contributed by atoms with Crippen molar-refractivity contribution >= 4 is 10.0 Å². The third-order valence-corrected chi connectivity index (χ3v) is 6.31. The molecule has 6 heteroatoms. The summed E-state index contributed by atoms with van der Waals surface area (Å²) in [5.41, 5.74) is 1.79. The third kappa shape index (κ3) is 4.32.